The number of carbonyl (C=O) groups excluding carboxylic acids is 2. The Morgan fingerprint density at radius 3 is 2.42 bits per heavy atom. The van der Waals surface area contributed by atoms with Gasteiger partial charge in [-0.1, -0.05) is 25.1 Å². The van der Waals surface area contributed by atoms with Crippen molar-refractivity contribution < 1.29 is 23.8 Å². The van der Waals surface area contributed by atoms with Crippen LogP contribution in [0.25, 0.3) is 0 Å². The van der Waals surface area contributed by atoms with Crippen LogP contribution < -0.4 is 9.47 Å². The molecule has 160 valence electrons. The first-order valence-corrected chi connectivity index (χ1v) is 10.3. The van der Waals surface area contributed by atoms with Crippen molar-refractivity contribution in [3.8, 4) is 11.5 Å². The van der Waals surface area contributed by atoms with Crippen LogP contribution in [0.1, 0.15) is 50.2 Å². The van der Waals surface area contributed by atoms with E-state index >= 15 is 0 Å². The zero-order valence-corrected chi connectivity index (χ0v) is 17.9. The van der Waals surface area contributed by atoms with Crippen LogP contribution in [-0.4, -0.2) is 29.7 Å². The molecule has 0 unspecified atom stereocenters. The molecule has 0 aliphatic carbocycles. The van der Waals surface area contributed by atoms with E-state index < -0.39 is 5.97 Å². The summed E-state index contributed by atoms with van der Waals surface area (Å²) in [6, 6.07) is 14.9. The zero-order valence-electron chi connectivity index (χ0n) is 17.9. The Kier molecular flexibility index (Phi) is 5.80. The van der Waals surface area contributed by atoms with Crippen molar-refractivity contribution >= 4 is 11.8 Å². The smallest absolute Gasteiger partial charge is 0.338 e. The third kappa shape index (κ3) is 4.33. The number of aryl methyl sites for hydroxylation is 2. The number of Topliss-reactive ketones (excluding diaryl/α,β-unsaturated/α-hetero) is 1. The molecule has 0 amide bonds. The fourth-order valence-corrected chi connectivity index (χ4v) is 3.72. The summed E-state index contributed by atoms with van der Waals surface area (Å²) in [7, 11) is 0. The fourth-order valence-electron chi connectivity index (χ4n) is 3.72. The maximum atomic E-state index is 12.7. The van der Waals surface area contributed by atoms with Crippen LogP contribution >= 0.6 is 0 Å². The van der Waals surface area contributed by atoms with Crippen molar-refractivity contribution in [2.75, 3.05) is 13.4 Å². The fraction of sp³-hybridized carbons (Fsp3) is 0.280. The topological polar surface area (TPSA) is 66.8 Å². The lowest BCUT2D eigenvalue weighted by molar-refractivity contribution is 0.0474. The molecule has 6 nitrogen and oxygen atoms in total. The molecule has 0 atom stereocenters. The number of hydrogen-bond acceptors (Lipinski definition) is 5. The third-order valence-corrected chi connectivity index (χ3v) is 5.58. The minimum Gasteiger partial charge on any atom is -0.454 e. The number of nitrogens with zero attached hydrogens (tertiary/aromatic N) is 1. The highest BCUT2D eigenvalue weighted by Gasteiger charge is 2.19. The predicted octanol–water partition coefficient (Wildman–Crippen LogP) is 4.48. The van der Waals surface area contributed by atoms with Crippen molar-refractivity contribution in [1.29, 1.82) is 0 Å². The van der Waals surface area contributed by atoms with Crippen molar-refractivity contribution in [2.45, 2.75) is 33.7 Å². The minimum absolute atomic E-state index is 0.219. The third-order valence-electron chi connectivity index (χ3n) is 5.58. The van der Waals surface area contributed by atoms with E-state index in [9.17, 15) is 9.59 Å². The van der Waals surface area contributed by atoms with Crippen LogP contribution in [0.5, 0.6) is 11.5 Å². The number of ether oxygens (including phenoxy) is 3. The molecule has 0 spiro atoms. The number of ketones is 1. The van der Waals surface area contributed by atoms with Crippen LogP contribution in [0.4, 0.5) is 0 Å². The van der Waals surface area contributed by atoms with Crippen molar-refractivity contribution in [2.24, 2.45) is 0 Å². The van der Waals surface area contributed by atoms with E-state index in [2.05, 4.69) is 11.5 Å². The zero-order chi connectivity index (χ0) is 22.0. The van der Waals surface area contributed by atoms with Gasteiger partial charge in [0.1, 0.15) is 0 Å². The van der Waals surface area contributed by atoms with Crippen molar-refractivity contribution in [3.63, 3.8) is 0 Å². The molecule has 31 heavy (non-hydrogen) atoms. The number of carbonyl (C=O) groups is 2. The quantitative estimate of drug-likeness (QED) is 0.417. The number of fused-ring (bicyclic) bond motifs is 1. The summed E-state index contributed by atoms with van der Waals surface area (Å²) in [6.45, 7) is 6.46. The van der Waals surface area contributed by atoms with Gasteiger partial charge in [0.25, 0.3) is 0 Å². The number of aromatic nitrogens is 1. The molecule has 2 aromatic carbocycles. The maximum Gasteiger partial charge on any atom is 0.338 e. The molecule has 1 aromatic heterocycles. The van der Waals surface area contributed by atoms with Crippen LogP contribution in [0.3, 0.4) is 0 Å². The molecular weight excluding hydrogens is 394 g/mol. The Balaban J connectivity index is 1.43. The number of rotatable bonds is 7. The predicted molar refractivity (Wildman–Crippen MR) is 116 cm³/mol. The van der Waals surface area contributed by atoms with Crippen LogP contribution in [0.15, 0.2) is 48.5 Å². The summed E-state index contributed by atoms with van der Waals surface area (Å²) in [6.07, 6.45) is 0.899. The molecule has 0 radical (unpaired) electrons. The van der Waals surface area contributed by atoms with Gasteiger partial charge in [0.15, 0.2) is 18.1 Å². The van der Waals surface area contributed by atoms with E-state index in [1.165, 1.54) is 0 Å². The maximum absolute atomic E-state index is 12.7. The van der Waals surface area contributed by atoms with Crippen LogP contribution in [0.2, 0.25) is 0 Å². The van der Waals surface area contributed by atoms with Gasteiger partial charge in [-0.3, -0.25) is 4.79 Å². The SMILES string of the molecule is CCc1ccc(C(=O)OCC(=O)c2cc(C)n(Cc3ccc4c(c3)OCO4)c2C)cc1. The van der Waals surface area contributed by atoms with Gasteiger partial charge in [0.05, 0.1) is 5.56 Å². The van der Waals surface area contributed by atoms with E-state index in [0.29, 0.717) is 17.7 Å². The second-order valence-corrected chi connectivity index (χ2v) is 7.61. The molecule has 0 bridgehead atoms. The molecule has 4 rings (SSSR count). The molecule has 0 saturated heterocycles. The molecule has 1 aliphatic heterocycles. The van der Waals surface area contributed by atoms with E-state index in [0.717, 1.165) is 40.4 Å². The second kappa shape index (κ2) is 8.68. The molecule has 2 heterocycles. The summed E-state index contributed by atoms with van der Waals surface area (Å²) in [5.41, 5.74) is 4.99. The summed E-state index contributed by atoms with van der Waals surface area (Å²) in [5, 5.41) is 0. The van der Waals surface area contributed by atoms with Crippen LogP contribution in [0, 0.1) is 13.8 Å². The summed E-state index contributed by atoms with van der Waals surface area (Å²) >= 11 is 0. The highest BCUT2D eigenvalue weighted by molar-refractivity contribution is 6.00. The van der Waals surface area contributed by atoms with E-state index in [-0.39, 0.29) is 19.2 Å². The molecule has 3 aromatic rings. The standard InChI is InChI=1S/C25H25NO5/c1-4-18-5-8-20(9-6-18)25(28)29-14-22(27)21-11-16(2)26(17(21)3)13-19-7-10-23-24(12-19)31-15-30-23/h5-12H,4,13-15H2,1-3H3. The molecule has 0 N–H and O–H groups in total. The Labute approximate surface area is 181 Å². The van der Waals surface area contributed by atoms with Gasteiger partial charge >= 0.3 is 5.97 Å². The number of esters is 1. The average Bonchev–Trinajstić information content (AvgIpc) is 3.36. The molecule has 0 fully saturated rings. The normalized spacial score (nSPS) is 12.1. The van der Waals surface area contributed by atoms with Gasteiger partial charge in [-0.25, -0.2) is 4.79 Å². The Morgan fingerprint density at radius 2 is 1.68 bits per heavy atom. The van der Waals surface area contributed by atoms with E-state index in [4.69, 9.17) is 14.2 Å². The molecule has 0 saturated carbocycles. The second-order valence-electron chi connectivity index (χ2n) is 7.61. The first-order valence-electron chi connectivity index (χ1n) is 10.3. The Morgan fingerprint density at radius 1 is 0.968 bits per heavy atom. The summed E-state index contributed by atoms with van der Waals surface area (Å²) < 4.78 is 18.1. The monoisotopic (exact) mass is 419 g/mol. The highest BCUT2D eigenvalue weighted by Crippen LogP contribution is 2.33. The lowest BCUT2D eigenvalue weighted by Crippen LogP contribution is -2.15. The summed E-state index contributed by atoms with van der Waals surface area (Å²) in [4.78, 5) is 25.0. The van der Waals surface area contributed by atoms with Crippen molar-refractivity contribution in [3.05, 3.63) is 82.2 Å². The minimum atomic E-state index is -0.495. The lowest BCUT2D eigenvalue weighted by atomic mass is 10.1. The van der Waals surface area contributed by atoms with Gasteiger partial charge in [-0.2, -0.15) is 0 Å². The summed E-state index contributed by atoms with van der Waals surface area (Å²) in [5.74, 6) is 0.760. The number of benzene rings is 2. The van der Waals surface area contributed by atoms with Gasteiger partial charge < -0.3 is 18.8 Å². The molecule has 1 aliphatic rings. The highest BCUT2D eigenvalue weighted by atomic mass is 16.7. The average molecular weight is 419 g/mol. The van der Waals surface area contributed by atoms with Crippen LogP contribution in [-0.2, 0) is 17.7 Å². The van der Waals surface area contributed by atoms with E-state index in [1.807, 2.05) is 50.2 Å². The lowest BCUT2D eigenvalue weighted by Gasteiger charge is -2.11. The van der Waals surface area contributed by atoms with Gasteiger partial charge in [0.2, 0.25) is 12.6 Å². The molecular formula is C25H25NO5. The first kappa shape index (κ1) is 20.7. The van der Waals surface area contributed by atoms with Gasteiger partial charge in [-0.05, 0) is 61.7 Å². The van der Waals surface area contributed by atoms with Gasteiger partial charge in [0, 0.05) is 23.5 Å². The largest absolute Gasteiger partial charge is 0.454 e. The first-order chi connectivity index (χ1) is 15.0. The Hall–Kier alpha value is -3.54. The molecule has 6 heteroatoms. The van der Waals surface area contributed by atoms with Crippen molar-refractivity contribution in [1.82, 2.24) is 4.57 Å². The number of hydrogen-bond donors (Lipinski definition) is 0. The van der Waals surface area contributed by atoms with E-state index in [1.54, 1.807) is 12.1 Å². The van der Waals surface area contributed by atoms with Gasteiger partial charge in [-0.15, -0.1) is 0 Å². The Bertz CT molecular complexity index is 1130.